The van der Waals surface area contributed by atoms with Gasteiger partial charge in [0.1, 0.15) is 0 Å². The van der Waals surface area contributed by atoms with Crippen LogP contribution in [-0.4, -0.2) is 48.5 Å². The zero-order valence-corrected chi connectivity index (χ0v) is 11.5. The van der Waals surface area contributed by atoms with E-state index in [9.17, 15) is 5.11 Å². The topological polar surface area (TPSA) is 41.5 Å². The van der Waals surface area contributed by atoms with Gasteiger partial charge >= 0.3 is 0 Å². The van der Waals surface area contributed by atoms with Gasteiger partial charge in [-0.25, -0.2) is 0 Å². The molecule has 0 aromatic heterocycles. The van der Waals surface area contributed by atoms with Gasteiger partial charge in [-0.3, -0.25) is 0 Å². The molecule has 2 N–H and O–H groups in total. The van der Waals surface area contributed by atoms with Crippen LogP contribution in [0, 0.1) is 5.92 Å². The van der Waals surface area contributed by atoms with Crippen molar-refractivity contribution < 1.29 is 9.84 Å². The summed E-state index contributed by atoms with van der Waals surface area (Å²) in [5, 5.41) is 13.8. The van der Waals surface area contributed by atoms with Crippen LogP contribution in [-0.2, 0) is 4.74 Å². The first-order chi connectivity index (χ1) is 7.57. The molecule has 3 nitrogen and oxygen atoms in total. The van der Waals surface area contributed by atoms with Crippen LogP contribution in [0.5, 0.6) is 0 Å². The number of nitrogens with one attached hydrogen (secondary N) is 1. The molecular formula is C12H25NO2S. The largest absolute Gasteiger partial charge is 0.389 e. The maximum Gasteiger partial charge on any atom is 0.0787 e. The Hall–Kier alpha value is 0.230. The molecule has 96 valence electrons. The van der Waals surface area contributed by atoms with Crippen LogP contribution in [0.25, 0.3) is 0 Å². The van der Waals surface area contributed by atoms with Gasteiger partial charge in [0.15, 0.2) is 0 Å². The fourth-order valence-electron chi connectivity index (χ4n) is 1.92. The Kier molecular flexibility index (Phi) is 6.11. The molecular weight excluding hydrogens is 222 g/mol. The number of hydrogen-bond donors (Lipinski definition) is 2. The van der Waals surface area contributed by atoms with Crippen molar-refractivity contribution in [3.8, 4) is 0 Å². The smallest absolute Gasteiger partial charge is 0.0787 e. The second kappa shape index (κ2) is 6.84. The molecule has 0 aromatic rings. The third-order valence-corrected chi connectivity index (χ3v) is 4.25. The van der Waals surface area contributed by atoms with Gasteiger partial charge in [0.05, 0.1) is 12.2 Å². The van der Waals surface area contributed by atoms with E-state index in [1.165, 1.54) is 0 Å². The summed E-state index contributed by atoms with van der Waals surface area (Å²) in [4.78, 5) is 0. The maximum absolute atomic E-state index is 10.4. The minimum Gasteiger partial charge on any atom is -0.389 e. The lowest BCUT2D eigenvalue weighted by molar-refractivity contribution is 0.0235. The lowest BCUT2D eigenvalue weighted by Gasteiger charge is -2.34. The van der Waals surface area contributed by atoms with Crippen molar-refractivity contribution in [1.82, 2.24) is 5.32 Å². The molecule has 1 fully saturated rings. The molecule has 0 amide bonds. The molecule has 0 aliphatic carbocycles. The first-order valence-corrected chi connectivity index (χ1v) is 7.25. The number of rotatable bonds is 6. The Morgan fingerprint density at radius 2 is 2.00 bits per heavy atom. The van der Waals surface area contributed by atoms with E-state index in [-0.39, 0.29) is 0 Å². The van der Waals surface area contributed by atoms with E-state index in [0.29, 0.717) is 25.1 Å². The SMILES string of the molecule is COCC(NCC1(O)CCSCC1)C(C)C. The molecule has 1 saturated heterocycles. The summed E-state index contributed by atoms with van der Waals surface area (Å²) < 4.78 is 5.19. The first-order valence-electron chi connectivity index (χ1n) is 6.10. The standard InChI is InChI=1S/C12H25NO2S/c1-10(2)11(8-15-3)13-9-12(14)4-6-16-7-5-12/h10-11,13-14H,4-9H2,1-3H3. The number of methoxy groups -OCH3 is 1. The fourth-order valence-corrected chi connectivity index (χ4v) is 3.17. The Labute approximate surface area is 103 Å². The Morgan fingerprint density at radius 3 is 2.50 bits per heavy atom. The van der Waals surface area contributed by atoms with Crippen molar-refractivity contribution in [2.24, 2.45) is 5.92 Å². The van der Waals surface area contributed by atoms with Crippen molar-refractivity contribution in [3.05, 3.63) is 0 Å². The van der Waals surface area contributed by atoms with Gasteiger partial charge < -0.3 is 15.2 Å². The zero-order chi connectivity index (χ0) is 12.0. The molecule has 4 heteroatoms. The number of aliphatic hydroxyl groups is 1. The van der Waals surface area contributed by atoms with Crippen LogP contribution in [0.3, 0.4) is 0 Å². The molecule has 0 radical (unpaired) electrons. The summed E-state index contributed by atoms with van der Waals surface area (Å²) in [5.74, 6) is 2.69. The van der Waals surface area contributed by atoms with Crippen LogP contribution in [0.4, 0.5) is 0 Å². The summed E-state index contributed by atoms with van der Waals surface area (Å²) in [6.07, 6.45) is 1.81. The molecule has 16 heavy (non-hydrogen) atoms. The van der Waals surface area contributed by atoms with Crippen molar-refractivity contribution >= 4 is 11.8 Å². The van der Waals surface area contributed by atoms with Crippen LogP contribution in [0.2, 0.25) is 0 Å². The van der Waals surface area contributed by atoms with Gasteiger partial charge in [0.2, 0.25) is 0 Å². The second-order valence-electron chi connectivity index (χ2n) is 5.02. The highest BCUT2D eigenvalue weighted by Gasteiger charge is 2.30. The number of hydrogen-bond acceptors (Lipinski definition) is 4. The number of ether oxygens (including phenoxy) is 1. The average molecular weight is 247 g/mol. The van der Waals surface area contributed by atoms with Crippen molar-refractivity contribution in [3.63, 3.8) is 0 Å². The van der Waals surface area contributed by atoms with Gasteiger partial charge in [-0.05, 0) is 30.3 Å². The summed E-state index contributed by atoms with van der Waals surface area (Å²) in [5.41, 5.74) is -0.494. The van der Waals surface area contributed by atoms with E-state index < -0.39 is 5.60 Å². The molecule has 0 saturated carbocycles. The Morgan fingerprint density at radius 1 is 1.38 bits per heavy atom. The van der Waals surface area contributed by atoms with E-state index in [4.69, 9.17) is 4.74 Å². The highest BCUT2D eigenvalue weighted by Crippen LogP contribution is 2.26. The minimum atomic E-state index is -0.494. The monoisotopic (exact) mass is 247 g/mol. The molecule has 0 bridgehead atoms. The Balaban J connectivity index is 2.35. The van der Waals surface area contributed by atoms with Crippen LogP contribution >= 0.6 is 11.8 Å². The van der Waals surface area contributed by atoms with Gasteiger partial charge in [-0.15, -0.1) is 0 Å². The molecule has 0 aromatic carbocycles. The predicted octanol–water partition coefficient (Wildman–Crippen LogP) is 1.51. The minimum absolute atomic E-state index is 0.337. The molecule has 1 unspecified atom stereocenters. The summed E-state index contributed by atoms with van der Waals surface area (Å²) in [6, 6.07) is 0.337. The van der Waals surface area contributed by atoms with Crippen molar-refractivity contribution in [1.29, 1.82) is 0 Å². The molecule has 1 aliphatic rings. The van der Waals surface area contributed by atoms with E-state index in [2.05, 4.69) is 19.2 Å². The van der Waals surface area contributed by atoms with Crippen LogP contribution < -0.4 is 5.32 Å². The highest BCUT2D eigenvalue weighted by atomic mass is 32.2. The number of thioether (sulfide) groups is 1. The normalized spacial score (nSPS) is 22.3. The van der Waals surface area contributed by atoms with Gasteiger partial charge in [-0.2, -0.15) is 11.8 Å². The first kappa shape index (κ1) is 14.3. The van der Waals surface area contributed by atoms with Crippen molar-refractivity contribution in [2.45, 2.75) is 38.3 Å². The van der Waals surface area contributed by atoms with Crippen molar-refractivity contribution in [2.75, 3.05) is 31.8 Å². The molecule has 1 rings (SSSR count). The maximum atomic E-state index is 10.4. The lowest BCUT2D eigenvalue weighted by Crippen LogP contribution is -2.49. The second-order valence-corrected chi connectivity index (χ2v) is 6.25. The Bertz CT molecular complexity index is 193. The third kappa shape index (κ3) is 4.62. The predicted molar refractivity (Wildman–Crippen MR) is 70.0 cm³/mol. The lowest BCUT2D eigenvalue weighted by atomic mass is 9.95. The zero-order valence-electron chi connectivity index (χ0n) is 10.7. The van der Waals surface area contributed by atoms with E-state index in [1.54, 1.807) is 7.11 Å². The highest BCUT2D eigenvalue weighted by molar-refractivity contribution is 7.99. The van der Waals surface area contributed by atoms with Crippen LogP contribution in [0.15, 0.2) is 0 Å². The average Bonchev–Trinajstić information content (AvgIpc) is 2.25. The van der Waals surface area contributed by atoms with Gasteiger partial charge in [-0.1, -0.05) is 13.8 Å². The molecule has 1 aliphatic heterocycles. The molecule has 0 spiro atoms. The van der Waals surface area contributed by atoms with E-state index >= 15 is 0 Å². The quantitative estimate of drug-likeness (QED) is 0.746. The fraction of sp³-hybridized carbons (Fsp3) is 1.00. The molecule has 1 heterocycles. The van der Waals surface area contributed by atoms with Crippen LogP contribution in [0.1, 0.15) is 26.7 Å². The van der Waals surface area contributed by atoms with E-state index in [0.717, 1.165) is 24.3 Å². The summed E-state index contributed by atoms with van der Waals surface area (Å²) in [7, 11) is 1.73. The summed E-state index contributed by atoms with van der Waals surface area (Å²) >= 11 is 1.94. The molecule has 1 atom stereocenters. The van der Waals surface area contributed by atoms with E-state index in [1.807, 2.05) is 11.8 Å². The van der Waals surface area contributed by atoms with Gasteiger partial charge in [0, 0.05) is 19.7 Å². The third-order valence-electron chi connectivity index (χ3n) is 3.27. The summed E-state index contributed by atoms with van der Waals surface area (Å²) in [6.45, 7) is 5.76. The van der Waals surface area contributed by atoms with Gasteiger partial charge in [0.25, 0.3) is 0 Å².